The molecule has 3 heterocycles. The first-order chi connectivity index (χ1) is 19.2. The molecule has 2 aromatic carbocycles. The van der Waals surface area contributed by atoms with Crippen LogP contribution in [-0.4, -0.2) is 63.6 Å². The van der Waals surface area contributed by atoms with E-state index in [1.165, 1.54) is 12.1 Å². The van der Waals surface area contributed by atoms with Crippen LogP contribution in [-0.2, 0) is 28.7 Å². The summed E-state index contributed by atoms with van der Waals surface area (Å²) in [7, 11) is 3.83. The fraction of sp³-hybridized carbons (Fsp3) is 0.400. The van der Waals surface area contributed by atoms with Crippen molar-refractivity contribution in [1.29, 1.82) is 0 Å². The molecule has 3 aliphatic rings. The predicted octanol–water partition coefficient (Wildman–Crippen LogP) is 3.64. The smallest absolute Gasteiger partial charge is 0.325 e. The largest absolute Gasteiger partial charge is 0.374 e. The Morgan fingerprint density at radius 3 is 2.58 bits per heavy atom. The molecule has 1 aromatic heterocycles. The van der Waals surface area contributed by atoms with Gasteiger partial charge >= 0.3 is 6.03 Å². The quantitative estimate of drug-likeness (QED) is 0.459. The lowest BCUT2D eigenvalue weighted by Crippen LogP contribution is -2.51. The monoisotopic (exact) mass is 544 g/mol. The number of urea groups is 1. The highest BCUT2D eigenvalue weighted by molar-refractivity contribution is 6.10. The van der Waals surface area contributed by atoms with Gasteiger partial charge < -0.3 is 15.1 Å². The molecule has 2 unspecified atom stereocenters. The number of carbonyl (C=O) groups excluding carboxylic acids is 3. The van der Waals surface area contributed by atoms with E-state index in [1.54, 1.807) is 27.9 Å². The molecule has 0 bridgehead atoms. The van der Waals surface area contributed by atoms with Crippen LogP contribution in [0.1, 0.15) is 37.3 Å². The number of amides is 4. The summed E-state index contributed by atoms with van der Waals surface area (Å²) in [6.07, 6.45) is 6.18. The summed E-state index contributed by atoms with van der Waals surface area (Å²) in [5.41, 5.74) is 3.07. The van der Waals surface area contributed by atoms with Crippen molar-refractivity contribution in [1.82, 2.24) is 24.9 Å². The van der Waals surface area contributed by atoms with E-state index in [0.717, 1.165) is 45.7 Å². The predicted molar refractivity (Wildman–Crippen MR) is 148 cm³/mol. The molecule has 2 aliphatic heterocycles. The van der Waals surface area contributed by atoms with Crippen molar-refractivity contribution in [2.24, 2.45) is 13.0 Å². The Morgan fingerprint density at radius 1 is 1.15 bits per heavy atom. The zero-order valence-corrected chi connectivity index (χ0v) is 22.9. The van der Waals surface area contributed by atoms with Gasteiger partial charge in [0.05, 0.1) is 6.20 Å². The van der Waals surface area contributed by atoms with E-state index < -0.39 is 17.5 Å². The van der Waals surface area contributed by atoms with Crippen molar-refractivity contribution < 1.29 is 18.8 Å². The first kappa shape index (κ1) is 26.0. The highest BCUT2D eigenvalue weighted by Crippen LogP contribution is 2.43. The van der Waals surface area contributed by atoms with Gasteiger partial charge in [0.15, 0.2) is 5.54 Å². The molecule has 6 rings (SSSR count). The first-order valence-corrected chi connectivity index (χ1v) is 13.7. The molecule has 1 saturated heterocycles. The first-order valence-electron chi connectivity index (χ1n) is 13.7. The third-order valence-electron chi connectivity index (χ3n) is 8.58. The van der Waals surface area contributed by atoms with Gasteiger partial charge in [0.25, 0.3) is 5.91 Å². The summed E-state index contributed by atoms with van der Waals surface area (Å²) in [6, 6.07) is 11.3. The molecule has 2 atom stereocenters. The van der Waals surface area contributed by atoms with Gasteiger partial charge in [0.1, 0.15) is 12.4 Å². The summed E-state index contributed by atoms with van der Waals surface area (Å²) < 4.78 is 15.2. The number of fused-ring (bicyclic) bond motifs is 2. The number of aromatic nitrogens is 2. The summed E-state index contributed by atoms with van der Waals surface area (Å²) >= 11 is 0. The van der Waals surface area contributed by atoms with Crippen LogP contribution in [0.15, 0.2) is 54.9 Å². The van der Waals surface area contributed by atoms with Crippen molar-refractivity contribution in [3.8, 4) is 11.1 Å². The Balaban J connectivity index is 1.26. The molecule has 0 radical (unpaired) electrons. The highest BCUT2D eigenvalue weighted by Gasteiger charge is 2.55. The fourth-order valence-corrected chi connectivity index (χ4v) is 5.98. The van der Waals surface area contributed by atoms with Crippen molar-refractivity contribution in [2.45, 2.75) is 44.3 Å². The van der Waals surface area contributed by atoms with Crippen molar-refractivity contribution in [2.75, 3.05) is 25.0 Å². The molecular weight excluding hydrogens is 511 g/mol. The summed E-state index contributed by atoms with van der Waals surface area (Å²) in [5, 5.41) is 7.21. The number of benzene rings is 2. The van der Waals surface area contributed by atoms with Crippen molar-refractivity contribution >= 4 is 23.5 Å². The SMILES string of the molecule is CC(C1CC1)N(Cc1ccc(F)cc1)C(=O)CN1C(=O)NC2(CCN(C)c3cc(-c4cnn(C)c4)ccc32)C1=O. The van der Waals surface area contributed by atoms with Crippen molar-refractivity contribution in [3.05, 3.63) is 71.8 Å². The van der Waals surface area contributed by atoms with E-state index in [9.17, 15) is 18.8 Å². The minimum atomic E-state index is -1.23. The van der Waals surface area contributed by atoms with Crippen LogP contribution in [0.25, 0.3) is 11.1 Å². The lowest BCUT2D eigenvalue weighted by molar-refractivity contribution is -0.141. The van der Waals surface area contributed by atoms with E-state index in [2.05, 4.69) is 15.3 Å². The van der Waals surface area contributed by atoms with Crippen LogP contribution >= 0.6 is 0 Å². The van der Waals surface area contributed by atoms with Gasteiger partial charge in [-0.05, 0) is 55.0 Å². The molecule has 4 amide bonds. The number of halogens is 1. The van der Waals surface area contributed by atoms with E-state index in [1.807, 2.05) is 45.4 Å². The third kappa shape index (κ3) is 4.51. The number of hydrogen-bond acceptors (Lipinski definition) is 5. The summed E-state index contributed by atoms with van der Waals surface area (Å²) in [6.45, 7) is 2.51. The second-order valence-corrected chi connectivity index (χ2v) is 11.3. The maximum Gasteiger partial charge on any atom is 0.325 e. The van der Waals surface area contributed by atoms with Crippen LogP contribution in [0.2, 0.25) is 0 Å². The number of hydrogen-bond donors (Lipinski definition) is 1. The Labute approximate surface area is 232 Å². The van der Waals surface area contributed by atoms with E-state index in [4.69, 9.17) is 0 Å². The van der Waals surface area contributed by atoms with E-state index in [-0.39, 0.29) is 30.9 Å². The molecule has 40 heavy (non-hydrogen) atoms. The van der Waals surface area contributed by atoms with Gasteiger partial charge in [-0.1, -0.05) is 24.3 Å². The fourth-order valence-electron chi connectivity index (χ4n) is 5.98. The Kier molecular flexibility index (Phi) is 6.35. The molecule has 2 fully saturated rings. The highest BCUT2D eigenvalue weighted by atomic mass is 19.1. The molecule has 9 nitrogen and oxygen atoms in total. The minimum absolute atomic E-state index is 0.0535. The molecular formula is C30H33FN6O3. The second kappa shape index (κ2) is 9.76. The average molecular weight is 545 g/mol. The topological polar surface area (TPSA) is 90.8 Å². The molecule has 3 aromatic rings. The maximum absolute atomic E-state index is 14.0. The second-order valence-electron chi connectivity index (χ2n) is 11.3. The van der Waals surface area contributed by atoms with E-state index >= 15 is 0 Å². The lowest BCUT2D eigenvalue weighted by atomic mass is 9.81. The van der Waals surface area contributed by atoms with Crippen LogP contribution in [0, 0.1) is 11.7 Å². The number of aryl methyl sites for hydroxylation is 1. The molecule has 208 valence electrons. The zero-order valence-electron chi connectivity index (χ0n) is 22.9. The Morgan fingerprint density at radius 2 is 1.90 bits per heavy atom. The normalized spacial score (nSPS) is 21.0. The molecule has 1 aliphatic carbocycles. The standard InChI is InChI=1S/C30H33FN6O3/c1-19(21-6-7-21)36(16-20-4-9-24(31)10-5-20)27(38)18-37-28(39)30(33-29(37)40)12-13-34(2)26-14-22(8-11-25(26)30)23-15-32-35(3)17-23/h4-5,8-11,14-15,17,19,21H,6-7,12-13,16,18H2,1-3H3,(H,33,40). The van der Waals surface area contributed by atoms with Crippen molar-refractivity contribution in [3.63, 3.8) is 0 Å². The summed E-state index contributed by atoms with van der Waals surface area (Å²) in [4.78, 5) is 45.8. The van der Waals surface area contributed by atoms with Crippen LogP contribution in [0.5, 0.6) is 0 Å². The van der Waals surface area contributed by atoms with Gasteiger partial charge in [-0.25, -0.2) is 9.18 Å². The number of nitrogens with zero attached hydrogens (tertiary/aromatic N) is 5. The molecule has 1 N–H and O–H groups in total. The third-order valence-corrected chi connectivity index (χ3v) is 8.58. The zero-order chi connectivity index (χ0) is 28.2. The number of anilines is 1. The van der Waals surface area contributed by atoms with Gasteiger partial charge in [-0.3, -0.25) is 19.2 Å². The van der Waals surface area contributed by atoms with Gasteiger partial charge in [-0.2, -0.15) is 5.10 Å². The molecule has 10 heteroatoms. The number of carbonyl (C=O) groups is 3. The summed E-state index contributed by atoms with van der Waals surface area (Å²) in [5.74, 6) is -0.666. The molecule has 1 saturated carbocycles. The van der Waals surface area contributed by atoms with Crippen LogP contribution in [0.3, 0.4) is 0 Å². The lowest BCUT2D eigenvalue weighted by Gasteiger charge is -2.39. The Hall–Kier alpha value is -4.21. The van der Waals surface area contributed by atoms with Gasteiger partial charge in [0, 0.05) is 62.7 Å². The number of imide groups is 1. The number of nitrogens with one attached hydrogen (secondary N) is 1. The number of rotatable bonds is 7. The minimum Gasteiger partial charge on any atom is -0.374 e. The van der Waals surface area contributed by atoms with Gasteiger partial charge in [-0.15, -0.1) is 0 Å². The maximum atomic E-state index is 14.0. The van der Waals surface area contributed by atoms with Gasteiger partial charge in [0.2, 0.25) is 5.91 Å². The van der Waals surface area contributed by atoms with E-state index in [0.29, 0.717) is 18.9 Å². The van der Waals surface area contributed by atoms with Crippen LogP contribution < -0.4 is 10.2 Å². The average Bonchev–Trinajstić information content (AvgIpc) is 3.66. The Bertz CT molecular complexity index is 1480. The molecule has 1 spiro atoms. The van der Waals surface area contributed by atoms with Crippen LogP contribution in [0.4, 0.5) is 14.9 Å².